The topological polar surface area (TPSA) is 96.0 Å². The number of rotatable bonds is 6. The van der Waals surface area contributed by atoms with Crippen molar-refractivity contribution in [1.29, 1.82) is 0 Å². The van der Waals surface area contributed by atoms with E-state index in [0.29, 0.717) is 42.8 Å². The second-order valence-electron chi connectivity index (χ2n) is 8.50. The van der Waals surface area contributed by atoms with Crippen LogP contribution in [0.1, 0.15) is 44.7 Å². The Labute approximate surface area is 192 Å². The lowest BCUT2D eigenvalue weighted by Gasteiger charge is -2.32. The van der Waals surface area contributed by atoms with E-state index in [1.54, 1.807) is 29.2 Å². The van der Waals surface area contributed by atoms with Crippen LogP contribution in [0.3, 0.4) is 0 Å². The van der Waals surface area contributed by atoms with Crippen LogP contribution in [-0.2, 0) is 9.59 Å². The molecule has 1 fully saturated rings. The van der Waals surface area contributed by atoms with Crippen LogP contribution in [0.4, 0.5) is 0 Å². The Balaban J connectivity index is 1.22. The number of carbonyl (C=O) groups is 4. The summed E-state index contributed by atoms with van der Waals surface area (Å²) in [6.07, 6.45) is 1.20. The zero-order valence-corrected chi connectivity index (χ0v) is 18.8. The van der Waals surface area contributed by atoms with Gasteiger partial charge in [-0.25, -0.2) is 0 Å². The fourth-order valence-corrected chi connectivity index (χ4v) is 4.11. The van der Waals surface area contributed by atoms with Crippen LogP contribution in [0.25, 0.3) is 0 Å². The molecule has 2 heterocycles. The summed E-state index contributed by atoms with van der Waals surface area (Å²) < 4.78 is 5.64. The van der Waals surface area contributed by atoms with Crippen LogP contribution >= 0.6 is 0 Å². The Morgan fingerprint density at radius 3 is 2.21 bits per heavy atom. The molecule has 0 aromatic heterocycles. The summed E-state index contributed by atoms with van der Waals surface area (Å²) in [6, 6.07) is 12.2. The van der Waals surface area contributed by atoms with Crippen molar-refractivity contribution in [2.45, 2.75) is 32.7 Å². The molecule has 2 aromatic rings. The number of nitrogens with zero attached hydrogens (tertiary/aromatic N) is 2. The molecule has 8 heteroatoms. The van der Waals surface area contributed by atoms with E-state index in [4.69, 9.17) is 4.74 Å². The van der Waals surface area contributed by atoms with Gasteiger partial charge in [0.2, 0.25) is 5.91 Å². The average Bonchev–Trinajstić information content (AvgIpc) is 3.05. The number of hydrogen-bond acceptors (Lipinski definition) is 5. The first kappa shape index (κ1) is 22.5. The van der Waals surface area contributed by atoms with Gasteiger partial charge in [-0.2, -0.15) is 0 Å². The lowest BCUT2D eigenvalue weighted by Crippen LogP contribution is -2.50. The van der Waals surface area contributed by atoms with Gasteiger partial charge in [-0.1, -0.05) is 18.2 Å². The number of piperidine rings is 1. The van der Waals surface area contributed by atoms with E-state index in [1.165, 1.54) is 5.56 Å². The monoisotopic (exact) mass is 449 g/mol. The summed E-state index contributed by atoms with van der Waals surface area (Å²) in [6.45, 7) is 4.69. The highest BCUT2D eigenvalue weighted by Gasteiger charge is 2.36. The first-order valence-corrected chi connectivity index (χ1v) is 11.1. The van der Waals surface area contributed by atoms with Gasteiger partial charge in [-0.15, -0.1) is 0 Å². The number of benzene rings is 2. The van der Waals surface area contributed by atoms with Crippen LogP contribution in [0.5, 0.6) is 5.75 Å². The minimum absolute atomic E-state index is 0.0285. The van der Waals surface area contributed by atoms with Crippen molar-refractivity contribution in [1.82, 2.24) is 15.1 Å². The van der Waals surface area contributed by atoms with Gasteiger partial charge in [0, 0.05) is 19.1 Å². The second-order valence-corrected chi connectivity index (χ2v) is 8.50. The smallest absolute Gasteiger partial charge is 0.262 e. The Morgan fingerprint density at radius 1 is 0.970 bits per heavy atom. The second kappa shape index (κ2) is 9.44. The summed E-state index contributed by atoms with van der Waals surface area (Å²) in [5, 5.41) is 2.89. The highest BCUT2D eigenvalue weighted by Crippen LogP contribution is 2.22. The molecule has 0 unspecified atom stereocenters. The summed E-state index contributed by atoms with van der Waals surface area (Å²) >= 11 is 0. The number of carbonyl (C=O) groups excluding carboxylic acids is 4. The van der Waals surface area contributed by atoms with E-state index in [2.05, 4.69) is 5.32 Å². The number of likely N-dealkylation sites (tertiary alicyclic amines) is 1. The van der Waals surface area contributed by atoms with Gasteiger partial charge < -0.3 is 15.0 Å². The lowest BCUT2D eigenvalue weighted by molar-refractivity contribution is -0.134. The van der Waals surface area contributed by atoms with Crippen LogP contribution in [0, 0.1) is 13.8 Å². The minimum Gasteiger partial charge on any atom is -0.484 e. The zero-order chi connectivity index (χ0) is 23.5. The van der Waals surface area contributed by atoms with Gasteiger partial charge in [0.05, 0.1) is 11.1 Å². The molecule has 0 aliphatic carbocycles. The largest absolute Gasteiger partial charge is 0.484 e. The number of fused-ring (bicyclic) bond motifs is 1. The molecule has 2 aliphatic rings. The molecule has 172 valence electrons. The molecule has 1 N–H and O–H groups in total. The maximum atomic E-state index is 12.5. The first-order chi connectivity index (χ1) is 15.8. The number of nitrogens with one attached hydrogen (secondary N) is 1. The number of hydrogen-bond donors (Lipinski definition) is 1. The third kappa shape index (κ3) is 4.89. The number of aryl methyl sites for hydroxylation is 2. The van der Waals surface area contributed by atoms with Gasteiger partial charge >= 0.3 is 0 Å². The van der Waals surface area contributed by atoms with Crippen molar-refractivity contribution < 1.29 is 23.9 Å². The molecule has 0 spiro atoms. The van der Waals surface area contributed by atoms with E-state index >= 15 is 0 Å². The van der Waals surface area contributed by atoms with Crippen molar-refractivity contribution in [2.75, 3.05) is 26.2 Å². The zero-order valence-electron chi connectivity index (χ0n) is 18.8. The number of amides is 4. The Hall–Kier alpha value is -3.68. The molecule has 2 aromatic carbocycles. The fourth-order valence-electron chi connectivity index (χ4n) is 4.11. The molecular weight excluding hydrogens is 422 g/mol. The molecule has 33 heavy (non-hydrogen) atoms. The minimum atomic E-state index is -0.449. The lowest BCUT2D eigenvalue weighted by atomic mass is 10.0. The number of imide groups is 1. The highest BCUT2D eigenvalue weighted by atomic mass is 16.5. The standard InChI is InChI=1S/C25H27N3O5/c1-16-7-8-19(13-17(16)2)33-15-23(30)27-11-9-18(10-12-27)26-22(29)14-28-24(31)20-5-3-4-6-21(20)25(28)32/h3-8,13,18H,9-12,14-15H2,1-2H3,(H,26,29). The number of ether oxygens (including phenoxy) is 1. The first-order valence-electron chi connectivity index (χ1n) is 11.1. The van der Waals surface area contributed by atoms with Gasteiger partial charge in [-0.3, -0.25) is 24.1 Å². The molecule has 1 saturated heterocycles. The van der Waals surface area contributed by atoms with Crippen LogP contribution in [0.15, 0.2) is 42.5 Å². The molecule has 4 amide bonds. The molecule has 0 atom stereocenters. The molecule has 0 saturated carbocycles. The third-order valence-corrected chi connectivity index (χ3v) is 6.23. The van der Waals surface area contributed by atoms with Crippen molar-refractivity contribution in [3.63, 3.8) is 0 Å². The molecular formula is C25H27N3O5. The summed E-state index contributed by atoms with van der Waals surface area (Å²) in [5.41, 5.74) is 2.92. The quantitative estimate of drug-likeness (QED) is 0.682. The molecule has 2 aliphatic heterocycles. The molecule has 0 bridgehead atoms. The predicted molar refractivity (Wildman–Crippen MR) is 121 cm³/mol. The van der Waals surface area contributed by atoms with Crippen LogP contribution < -0.4 is 10.1 Å². The van der Waals surface area contributed by atoms with Crippen LogP contribution in [-0.4, -0.2) is 65.7 Å². The van der Waals surface area contributed by atoms with Crippen molar-refractivity contribution >= 4 is 23.6 Å². The Morgan fingerprint density at radius 2 is 1.61 bits per heavy atom. The van der Waals surface area contributed by atoms with E-state index in [1.807, 2.05) is 32.0 Å². The summed E-state index contributed by atoms with van der Waals surface area (Å²) in [5.74, 6) is -0.706. The van der Waals surface area contributed by atoms with E-state index in [9.17, 15) is 19.2 Å². The Kier molecular flexibility index (Phi) is 6.44. The highest BCUT2D eigenvalue weighted by molar-refractivity contribution is 6.22. The predicted octanol–water partition coefficient (Wildman–Crippen LogP) is 2.09. The molecule has 0 radical (unpaired) electrons. The van der Waals surface area contributed by atoms with E-state index in [0.717, 1.165) is 10.5 Å². The van der Waals surface area contributed by atoms with Gasteiger partial charge in [0.15, 0.2) is 6.61 Å². The third-order valence-electron chi connectivity index (χ3n) is 6.23. The van der Waals surface area contributed by atoms with Gasteiger partial charge in [0.25, 0.3) is 17.7 Å². The average molecular weight is 450 g/mol. The normalized spacial score (nSPS) is 16.1. The summed E-state index contributed by atoms with van der Waals surface area (Å²) in [7, 11) is 0. The van der Waals surface area contributed by atoms with Crippen LogP contribution in [0.2, 0.25) is 0 Å². The van der Waals surface area contributed by atoms with Crippen molar-refractivity contribution in [3.8, 4) is 5.75 Å². The van der Waals surface area contributed by atoms with Gasteiger partial charge in [-0.05, 0) is 62.1 Å². The van der Waals surface area contributed by atoms with Gasteiger partial charge in [0.1, 0.15) is 12.3 Å². The molecule has 4 rings (SSSR count). The SMILES string of the molecule is Cc1ccc(OCC(=O)N2CCC(NC(=O)CN3C(=O)c4ccccc4C3=O)CC2)cc1C. The maximum absolute atomic E-state index is 12.5. The maximum Gasteiger partial charge on any atom is 0.262 e. The van der Waals surface area contributed by atoms with E-state index < -0.39 is 11.8 Å². The Bertz CT molecular complexity index is 1070. The van der Waals surface area contributed by atoms with Crippen molar-refractivity contribution in [2.24, 2.45) is 0 Å². The van der Waals surface area contributed by atoms with Crippen molar-refractivity contribution in [3.05, 3.63) is 64.7 Å². The fraction of sp³-hybridized carbons (Fsp3) is 0.360. The molecule has 8 nitrogen and oxygen atoms in total. The summed E-state index contributed by atoms with van der Waals surface area (Å²) in [4.78, 5) is 52.5. The van der Waals surface area contributed by atoms with E-state index in [-0.39, 0.29) is 31.0 Å².